The lowest BCUT2D eigenvalue weighted by Crippen LogP contribution is -2.41. The van der Waals surface area contributed by atoms with Crippen molar-refractivity contribution in [1.29, 1.82) is 0 Å². The van der Waals surface area contributed by atoms with Crippen molar-refractivity contribution in [3.05, 3.63) is 64.7 Å². The number of anilines is 1. The van der Waals surface area contributed by atoms with E-state index in [1.807, 2.05) is 18.2 Å². The minimum Gasteiger partial charge on any atom is -0.348 e. The predicted octanol–water partition coefficient (Wildman–Crippen LogP) is 3.84. The van der Waals surface area contributed by atoms with E-state index in [1.54, 1.807) is 6.92 Å². The number of halogens is 3. The molecule has 30 heavy (non-hydrogen) atoms. The van der Waals surface area contributed by atoms with Gasteiger partial charge in [-0.2, -0.15) is 13.2 Å². The first kappa shape index (κ1) is 22.1. The van der Waals surface area contributed by atoms with Crippen molar-refractivity contribution in [3.63, 3.8) is 0 Å². The molecule has 2 aromatic carbocycles. The summed E-state index contributed by atoms with van der Waals surface area (Å²) in [5, 5.41) is 2.74. The van der Waals surface area contributed by atoms with Gasteiger partial charge in [-0.1, -0.05) is 24.3 Å². The minimum atomic E-state index is -4.62. The molecule has 0 saturated carbocycles. The van der Waals surface area contributed by atoms with Gasteiger partial charge in [-0.05, 0) is 61.1 Å². The number of carbonyl (C=O) groups excluding carboxylic acids is 1. The normalized spacial score (nSPS) is 14.8. The molecular formula is C21H23F3N2O3S. The lowest BCUT2D eigenvalue weighted by Gasteiger charge is -2.24. The van der Waals surface area contributed by atoms with Crippen LogP contribution in [0.3, 0.4) is 0 Å². The Balaban J connectivity index is 1.76. The summed E-state index contributed by atoms with van der Waals surface area (Å²) in [7, 11) is -3.98. The van der Waals surface area contributed by atoms with Gasteiger partial charge in [-0.3, -0.25) is 9.10 Å². The lowest BCUT2D eigenvalue weighted by atomic mass is 10.0. The number of rotatable bonds is 6. The van der Waals surface area contributed by atoms with E-state index in [9.17, 15) is 26.4 Å². The second-order valence-corrected chi connectivity index (χ2v) is 9.40. The molecule has 1 aliphatic carbocycles. The van der Waals surface area contributed by atoms with Gasteiger partial charge in [0.1, 0.15) is 6.54 Å². The summed E-state index contributed by atoms with van der Waals surface area (Å²) in [5.74, 6) is -0.606. The SMILES string of the molecule is C[C@H](NC(=O)CN(c1cccc(C(F)(F)F)c1)S(C)(=O)=O)c1ccc2c(c1)CCC2. The van der Waals surface area contributed by atoms with Crippen molar-refractivity contribution in [2.24, 2.45) is 0 Å². The number of carbonyl (C=O) groups is 1. The van der Waals surface area contributed by atoms with Crippen molar-refractivity contribution < 1.29 is 26.4 Å². The average Bonchev–Trinajstić information content (AvgIpc) is 3.12. The Labute approximate surface area is 173 Å². The molecule has 0 bridgehead atoms. The third kappa shape index (κ3) is 5.13. The fraction of sp³-hybridized carbons (Fsp3) is 0.381. The van der Waals surface area contributed by atoms with E-state index in [4.69, 9.17) is 0 Å². The number of hydrogen-bond acceptors (Lipinski definition) is 3. The third-order valence-corrected chi connectivity index (χ3v) is 6.29. The Morgan fingerprint density at radius 2 is 1.83 bits per heavy atom. The van der Waals surface area contributed by atoms with Crippen LogP contribution in [0.25, 0.3) is 0 Å². The number of benzene rings is 2. The van der Waals surface area contributed by atoms with Crippen LogP contribution in [0, 0.1) is 0 Å². The maximum absolute atomic E-state index is 13.0. The Kier molecular flexibility index (Phi) is 6.12. The monoisotopic (exact) mass is 440 g/mol. The number of fused-ring (bicyclic) bond motifs is 1. The molecule has 0 spiro atoms. The van der Waals surface area contributed by atoms with Crippen molar-refractivity contribution >= 4 is 21.6 Å². The van der Waals surface area contributed by atoms with Crippen LogP contribution >= 0.6 is 0 Å². The molecule has 5 nitrogen and oxygen atoms in total. The maximum Gasteiger partial charge on any atom is 0.416 e. The van der Waals surface area contributed by atoms with E-state index >= 15 is 0 Å². The van der Waals surface area contributed by atoms with Crippen LogP contribution in [-0.4, -0.2) is 27.1 Å². The van der Waals surface area contributed by atoms with Crippen molar-refractivity contribution in [2.75, 3.05) is 17.1 Å². The molecule has 1 atom stereocenters. The zero-order valence-corrected chi connectivity index (χ0v) is 17.5. The highest BCUT2D eigenvalue weighted by Crippen LogP contribution is 2.32. The van der Waals surface area contributed by atoms with Gasteiger partial charge in [0, 0.05) is 0 Å². The highest BCUT2D eigenvalue weighted by atomic mass is 32.2. The van der Waals surface area contributed by atoms with Gasteiger partial charge in [-0.25, -0.2) is 8.42 Å². The summed E-state index contributed by atoms with van der Waals surface area (Å²) in [6, 6.07) is 9.54. The second kappa shape index (κ2) is 8.29. The van der Waals surface area contributed by atoms with Crippen LogP contribution in [0.2, 0.25) is 0 Å². The van der Waals surface area contributed by atoms with Gasteiger partial charge in [0.2, 0.25) is 15.9 Å². The van der Waals surface area contributed by atoms with Crippen LogP contribution in [0.1, 0.15) is 41.6 Å². The van der Waals surface area contributed by atoms with E-state index < -0.39 is 34.2 Å². The summed E-state index contributed by atoms with van der Waals surface area (Å²) in [6.45, 7) is 1.17. The Morgan fingerprint density at radius 1 is 1.13 bits per heavy atom. The first-order valence-electron chi connectivity index (χ1n) is 9.51. The smallest absolute Gasteiger partial charge is 0.348 e. The number of nitrogens with zero attached hydrogens (tertiary/aromatic N) is 1. The molecule has 1 amide bonds. The number of alkyl halides is 3. The Hall–Kier alpha value is -2.55. The van der Waals surface area contributed by atoms with Crippen molar-refractivity contribution in [2.45, 2.75) is 38.4 Å². The molecule has 0 radical (unpaired) electrons. The molecule has 0 aromatic heterocycles. The van der Waals surface area contributed by atoms with Crippen molar-refractivity contribution in [1.82, 2.24) is 5.32 Å². The zero-order chi connectivity index (χ0) is 22.1. The predicted molar refractivity (Wildman–Crippen MR) is 109 cm³/mol. The zero-order valence-electron chi connectivity index (χ0n) is 16.7. The molecule has 2 aromatic rings. The van der Waals surface area contributed by atoms with Crippen LogP contribution in [0.4, 0.5) is 18.9 Å². The van der Waals surface area contributed by atoms with Gasteiger partial charge < -0.3 is 5.32 Å². The first-order valence-corrected chi connectivity index (χ1v) is 11.4. The molecule has 0 fully saturated rings. The average molecular weight is 440 g/mol. The highest BCUT2D eigenvalue weighted by Gasteiger charge is 2.32. The van der Waals surface area contributed by atoms with E-state index in [2.05, 4.69) is 5.32 Å². The third-order valence-electron chi connectivity index (χ3n) is 5.15. The van der Waals surface area contributed by atoms with E-state index in [0.29, 0.717) is 4.31 Å². The summed E-state index contributed by atoms with van der Waals surface area (Å²) in [6.07, 6.45) is -0.647. The summed E-state index contributed by atoms with van der Waals surface area (Å²) in [4.78, 5) is 12.5. The number of sulfonamides is 1. The van der Waals surface area contributed by atoms with Gasteiger partial charge in [0.15, 0.2) is 0 Å². The molecule has 9 heteroatoms. The quantitative estimate of drug-likeness (QED) is 0.742. The molecule has 0 heterocycles. The largest absolute Gasteiger partial charge is 0.416 e. The second-order valence-electron chi connectivity index (χ2n) is 7.49. The van der Waals surface area contributed by atoms with Gasteiger partial charge in [-0.15, -0.1) is 0 Å². The lowest BCUT2D eigenvalue weighted by molar-refractivity contribution is -0.137. The van der Waals surface area contributed by atoms with Gasteiger partial charge in [0.25, 0.3) is 0 Å². The van der Waals surface area contributed by atoms with Gasteiger partial charge in [0.05, 0.1) is 23.5 Å². The van der Waals surface area contributed by atoms with Crippen LogP contribution in [-0.2, 0) is 33.8 Å². The number of amides is 1. The van der Waals surface area contributed by atoms with E-state index in [0.717, 1.165) is 49.3 Å². The molecule has 0 unspecified atom stereocenters. The summed E-state index contributed by atoms with van der Waals surface area (Å²) >= 11 is 0. The first-order chi connectivity index (χ1) is 13.9. The molecule has 0 aliphatic heterocycles. The Morgan fingerprint density at radius 3 is 2.50 bits per heavy atom. The molecule has 1 aliphatic rings. The maximum atomic E-state index is 13.0. The number of nitrogens with one attached hydrogen (secondary N) is 1. The van der Waals surface area contributed by atoms with Crippen LogP contribution in [0.5, 0.6) is 0 Å². The number of aryl methyl sites for hydroxylation is 2. The fourth-order valence-corrected chi connectivity index (χ4v) is 4.45. The molecule has 3 rings (SSSR count). The topological polar surface area (TPSA) is 66.5 Å². The van der Waals surface area contributed by atoms with Crippen molar-refractivity contribution in [3.8, 4) is 0 Å². The van der Waals surface area contributed by atoms with E-state index in [1.165, 1.54) is 17.2 Å². The van der Waals surface area contributed by atoms with Gasteiger partial charge >= 0.3 is 6.18 Å². The molecule has 1 N–H and O–H groups in total. The standard InChI is InChI=1S/C21H23F3N2O3S/c1-14(16-10-9-15-5-3-6-17(15)11-16)25-20(27)13-26(30(2,28)29)19-8-4-7-18(12-19)21(22,23)24/h4,7-12,14H,3,5-6,13H2,1-2H3,(H,25,27)/t14-/m0/s1. The van der Waals surface area contributed by atoms with Crippen LogP contribution in [0.15, 0.2) is 42.5 Å². The Bertz CT molecular complexity index is 1050. The molecular weight excluding hydrogens is 417 g/mol. The summed E-state index contributed by atoms with van der Waals surface area (Å²) in [5.41, 5.74) is 2.24. The van der Waals surface area contributed by atoms with Crippen LogP contribution < -0.4 is 9.62 Å². The number of hydrogen-bond donors (Lipinski definition) is 1. The summed E-state index contributed by atoms with van der Waals surface area (Å²) < 4.78 is 64.0. The van der Waals surface area contributed by atoms with E-state index in [-0.39, 0.29) is 11.7 Å². The highest BCUT2D eigenvalue weighted by molar-refractivity contribution is 7.92. The molecule has 0 saturated heterocycles. The molecule has 162 valence electrons. The minimum absolute atomic E-state index is 0.215. The fourth-order valence-electron chi connectivity index (χ4n) is 3.60.